The number of anilines is 1. The Balaban J connectivity index is 1.60. The van der Waals surface area contributed by atoms with Crippen molar-refractivity contribution in [2.45, 2.75) is 31.5 Å². The second-order valence-corrected chi connectivity index (χ2v) is 7.28. The molecule has 33 heavy (non-hydrogen) atoms. The molecule has 0 spiro atoms. The molecule has 1 aromatic carbocycles. The van der Waals surface area contributed by atoms with Crippen molar-refractivity contribution in [3.8, 4) is 0 Å². The van der Waals surface area contributed by atoms with Crippen LogP contribution >= 0.6 is 0 Å². The van der Waals surface area contributed by atoms with Gasteiger partial charge in [-0.2, -0.15) is 4.98 Å². The third-order valence-corrected chi connectivity index (χ3v) is 5.03. The van der Waals surface area contributed by atoms with Gasteiger partial charge < -0.3 is 18.9 Å². The van der Waals surface area contributed by atoms with Crippen LogP contribution in [0.1, 0.15) is 22.1 Å². The summed E-state index contributed by atoms with van der Waals surface area (Å²) in [7, 11) is 0. The van der Waals surface area contributed by atoms with E-state index < -0.39 is 48.1 Å². The van der Waals surface area contributed by atoms with E-state index in [2.05, 4.69) is 4.98 Å². The predicted octanol–water partition coefficient (Wildman–Crippen LogP) is 0.501. The van der Waals surface area contributed by atoms with Gasteiger partial charge in [0.2, 0.25) is 0 Å². The van der Waals surface area contributed by atoms with Crippen LogP contribution in [0.3, 0.4) is 0 Å². The number of esters is 3. The first kappa shape index (κ1) is 22.2. The maximum atomic E-state index is 12.4. The summed E-state index contributed by atoms with van der Waals surface area (Å²) in [4.78, 5) is 52.6. The van der Waals surface area contributed by atoms with Gasteiger partial charge in [0.25, 0.3) is 0 Å². The van der Waals surface area contributed by atoms with Crippen LogP contribution in [0, 0.1) is 6.92 Å². The van der Waals surface area contributed by atoms with Crippen molar-refractivity contribution >= 4 is 23.7 Å². The van der Waals surface area contributed by atoms with E-state index in [0.29, 0.717) is 5.56 Å². The third kappa shape index (κ3) is 4.76. The van der Waals surface area contributed by atoms with Crippen molar-refractivity contribution in [1.82, 2.24) is 9.55 Å². The number of aromatic nitrogens is 2. The van der Waals surface area contributed by atoms with Crippen LogP contribution in [0.4, 0.5) is 5.82 Å². The Hall–Kier alpha value is -4.03. The molecule has 12 nitrogen and oxygen atoms in total. The van der Waals surface area contributed by atoms with E-state index >= 15 is 0 Å². The number of carbonyl (C=O) groups excluding carboxylic acids is 3. The fourth-order valence-corrected chi connectivity index (χ4v) is 3.42. The van der Waals surface area contributed by atoms with Gasteiger partial charge in [0.15, 0.2) is 24.3 Å². The number of rotatable bonds is 5. The first-order valence-electron chi connectivity index (χ1n) is 9.83. The number of aryl methyl sites for hydroxylation is 1. The Kier molecular flexibility index (Phi) is 6.20. The molecule has 1 aromatic heterocycles. The number of ether oxygens (including phenoxy) is 4. The molecule has 4 rings (SSSR count). The number of nitrogens with zero attached hydrogens (tertiary/aromatic N) is 2. The molecule has 0 unspecified atom stereocenters. The minimum absolute atomic E-state index is 0.113. The van der Waals surface area contributed by atoms with Gasteiger partial charge in [-0.15, -0.1) is 0 Å². The molecule has 172 valence electrons. The summed E-state index contributed by atoms with van der Waals surface area (Å²) in [6, 6.07) is 7.98. The highest BCUT2D eigenvalue weighted by atomic mass is 16.7. The molecule has 4 atom stereocenters. The second-order valence-electron chi connectivity index (χ2n) is 7.28. The average Bonchev–Trinajstić information content (AvgIpc) is 3.11. The van der Waals surface area contributed by atoms with E-state index in [1.165, 1.54) is 12.3 Å². The van der Waals surface area contributed by atoms with E-state index in [4.69, 9.17) is 24.2 Å². The molecule has 12 heteroatoms. The lowest BCUT2D eigenvalue weighted by Crippen LogP contribution is -2.43. The first-order valence-corrected chi connectivity index (χ1v) is 9.83. The van der Waals surface area contributed by atoms with Crippen molar-refractivity contribution < 1.29 is 38.5 Å². The highest BCUT2D eigenvalue weighted by Gasteiger charge is 2.51. The van der Waals surface area contributed by atoms with Crippen LogP contribution in [-0.2, 0) is 28.5 Å². The normalized spacial score (nSPS) is 25.2. The summed E-state index contributed by atoms with van der Waals surface area (Å²) in [5, 5.41) is 8.94. The van der Waals surface area contributed by atoms with E-state index in [-0.39, 0.29) is 12.4 Å². The molecule has 2 aliphatic rings. The maximum Gasteiger partial charge on any atom is 0.351 e. The second kappa shape index (κ2) is 9.22. The Morgan fingerprint density at radius 2 is 1.76 bits per heavy atom. The highest BCUT2D eigenvalue weighted by Crippen LogP contribution is 2.34. The number of fused-ring (bicyclic) bond motifs is 1. The van der Waals surface area contributed by atoms with E-state index in [1.54, 1.807) is 29.7 Å². The molecule has 1 saturated heterocycles. The number of hydrogen-bond donors (Lipinski definition) is 2. The third-order valence-electron chi connectivity index (χ3n) is 5.03. The molecule has 3 heterocycles. The van der Waals surface area contributed by atoms with Crippen molar-refractivity contribution in [3.63, 3.8) is 0 Å². The van der Waals surface area contributed by atoms with Crippen molar-refractivity contribution in [2.75, 3.05) is 12.1 Å². The Morgan fingerprint density at radius 3 is 2.39 bits per heavy atom. The Bertz CT molecular complexity index is 1160. The van der Waals surface area contributed by atoms with Gasteiger partial charge in [-0.25, -0.2) is 19.2 Å². The van der Waals surface area contributed by atoms with Crippen LogP contribution in [0.5, 0.6) is 0 Å². The first-order chi connectivity index (χ1) is 15.9. The smallest absolute Gasteiger partial charge is 0.351 e. The minimum atomic E-state index is -1.24. The van der Waals surface area contributed by atoms with Gasteiger partial charge in [-0.05, 0) is 25.1 Å². The van der Waals surface area contributed by atoms with Gasteiger partial charge in [-0.3, -0.25) is 15.3 Å². The van der Waals surface area contributed by atoms with Gasteiger partial charge >= 0.3 is 23.6 Å². The zero-order chi connectivity index (χ0) is 23.5. The number of carbonyl (C=O) groups is 3. The van der Waals surface area contributed by atoms with Crippen molar-refractivity contribution in [2.24, 2.45) is 0 Å². The van der Waals surface area contributed by atoms with Gasteiger partial charge in [0.1, 0.15) is 12.7 Å². The average molecular weight is 457 g/mol. The van der Waals surface area contributed by atoms with Gasteiger partial charge in [0.05, 0.1) is 5.56 Å². The fourth-order valence-electron chi connectivity index (χ4n) is 3.42. The Labute approximate surface area is 186 Å². The quantitative estimate of drug-likeness (QED) is 0.366. The van der Waals surface area contributed by atoms with Crippen molar-refractivity contribution in [3.05, 3.63) is 70.3 Å². The molecule has 1 fully saturated rings. The van der Waals surface area contributed by atoms with Crippen molar-refractivity contribution in [1.29, 1.82) is 0 Å². The molecule has 0 aliphatic carbocycles. The minimum Gasteiger partial charge on any atom is -0.459 e. The van der Waals surface area contributed by atoms with Crippen LogP contribution in [0.2, 0.25) is 0 Å². The highest BCUT2D eigenvalue weighted by molar-refractivity contribution is 5.92. The number of nitrogens with one attached hydrogen (secondary N) is 1. The molecule has 2 N–H and O–H groups in total. The molecular formula is C21H19N3O9. The molecule has 0 radical (unpaired) electrons. The lowest BCUT2D eigenvalue weighted by atomic mass is 10.1. The van der Waals surface area contributed by atoms with Gasteiger partial charge in [0, 0.05) is 18.3 Å². The summed E-state index contributed by atoms with van der Waals surface area (Å²) in [5.74, 6) is -2.42. The monoisotopic (exact) mass is 457 g/mol. The lowest BCUT2D eigenvalue weighted by Gasteiger charge is -2.25. The standard InChI is InChI=1S/C21H19N3O9/c1-11-2-4-12(5-3-11)20(27)30-10-13-17-18(33-16(26)7-6-15(25)32-17)19(31-13)24-9-8-14(23-29)22-21(24)28/h2-9,13,17-19,29H,10H2,1H3,(H,22,23,28)/b7-6-/t13-,17-,18-,19-/m1/s1. The SMILES string of the molecule is Cc1ccc(C(=O)OC[C@H]2O[C@@H](n3ccc(NO)nc3=O)[C@@H]3OC(=O)/C=C\C(=O)O[C@@H]32)cc1. The van der Waals surface area contributed by atoms with Crippen LogP contribution < -0.4 is 11.2 Å². The molecule has 2 aromatic rings. The number of benzene rings is 1. The van der Waals surface area contributed by atoms with E-state index in [1.807, 2.05) is 6.92 Å². The summed E-state index contributed by atoms with van der Waals surface area (Å²) in [5.41, 5.74) is 2.18. The molecule has 0 bridgehead atoms. The Morgan fingerprint density at radius 1 is 1.09 bits per heavy atom. The number of hydrogen-bond acceptors (Lipinski definition) is 11. The van der Waals surface area contributed by atoms with Crippen LogP contribution in [-0.4, -0.2) is 57.6 Å². The molecule has 0 saturated carbocycles. The van der Waals surface area contributed by atoms with E-state index in [0.717, 1.165) is 22.3 Å². The van der Waals surface area contributed by atoms with Crippen LogP contribution in [0.15, 0.2) is 53.5 Å². The predicted molar refractivity (Wildman–Crippen MR) is 108 cm³/mol. The summed E-state index contributed by atoms with van der Waals surface area (Å²) >= 11 is 0. The van der Waals surface area contributed by atoms with E-state index in [9.17, 15) is 19.2 Å². The van der Waals surface area contributed by atoms with Crippen LogP contribution in [0.25, 0.3) is 0 Å². The zero-order valence-electron chi connectivity index (χ0n) is 17.2. The summed E-state index contributed by atoms with van der Waals surface area (Å²) < 4.78 is 22.9. The zero-order valence-corrected chi connectivity index (χ0v) is 17.2. The van der Waals surface area contributed by atoms with Gasteiger partial charge in [-0.1, -0.05) is 17.7 Å². The molecule has 2 aliphatic heterocycles. The largest absolute Gasteiger partial charge is 0.459 e. The maximum absolute atomic E-state index is 12.4. The topological polar surface area (TPSA) is 155 Å². The summed E-state index contributed by atoms with van der Waals surface area (Å²) in [6.45, 7) is 1.53. The molecule has 0 amide bonds. The summed E-state index contributed by atoms with van der Waals surface area (Å²) in [6.07, 6.45) is -1.67. The fraction of sp³-hybridized carbons (Fsp3) is 0.286. The lowest BCUT2D eigenvalue weighted by molar-refractivity contribution is -0.164. The molecular weight excluding hydrogens is 438 g/mol.